The van der Waals surface area contributed by atoms with Gasteiger partial charge < -0.3 is 14.8 Å². The zero-order chi connectivity index (χ0) is 18.2. The first-order chi connectivity index (χ1) is 11.2. The number of ether oxygens (including phenoxy) is 2. The monoisotopic (exact) mass is 358 g/mol. The maximum absolute atomic E-state index is 11.7. The second kappa shape index (κ2) is 9.81. The van der Waals surface area contributed by atoms with E-state index in [2.05, 4.69) is 10.6 Å². The van der Waals surface area contributed by atoms with Crippen molar-refractivity contribution in [2.45, 2.75) is 77.4 Å². The molecule has 0 spiro atoms. The average molecular weight is 359 g/mol. The van der Waals surface area contributed by atoms with Gasteiger partial charge in [0.15, 0.2) is 5.11 Å². The minimum absolute atomic E-state index is 0.000546. The lowest BCUT2D eigenvalue weighted by atomic mass is 9.97. The highest BCUT2D eigenvalue weighted by Gasteiger charge is 2.22. The molecule has 0 heterocycles. The Morgan fingerprint density at radius 3 is 2.25 bits per heavy atom. The fourth-order valence-corrected chi connectivity index (χ4v) is 3.10. The van der Waals surface area contributed by atoms with Crippen LogP contribution in [0.5, 0.6) is 0 Å². The molecule has 1 aliphatic carbocycles. The van der Waals surface area contributed by atoms with E-state index in [4.69, 9.17) is 21.7 Å². The molecule has 7 heteroatoms. The molecule has 2 unspecified atom stereocenters. The van der Waals surface area contributed by atoms with Gasteiger partial charge in [-0.05, 0) is 58.7 Å². The van der Waals surface area contributed by atoms with Crippen LogP contribution < -0.4 is 10.6 Å². The molecular weight excluding hydrogens is 328 g/mol. The number of carbonyl (C=O) groups is 2. The maximum atomic E-state index is 11.7. The number of nitrogens with one attached hydrogen (secondary N) is 2. The van der Waals surface area contributed by atoms with E-state index in [0.29, 0.717) is 0 Å². The van der Waals surface area contributed by atoms with Gasteiger partial charge in [-0.3, -0.25) is 10.1 Å². The molecule has 0 aromatic heterocycles. The van der Waals surface area contributed by atoms with Gasteiger partial charge in [0.2, 0.25) is 0 Å². The van der Waals surface area contributed by atoms with E-state index in [0.717, 1.165) is 44.9 Å². The summed E-state index contributed by atoms with van der Waals surface area (Å²) in [7, 11) is 1.44. The Morgan fingerprint density at radius 1 is 1.04 bits per heavy atom. The van der Waals surface area contributed by atoms with Crippen LogP contribution in [-0.2, 0) is 14.3 Å². The Kier molecular flexibility index (Phi) is 8.45. The maximum Gasteiger partial charge on any atom is 0.413 e. The van der Waals surface area contributed by atoms with Crippen LogP contribution in [0.2, 0.25) is 0 Å². The van der Waals surface area contributed by atoms with Gasteiger partial charge in [-0.1, -0.05) is 19.3 Å². The number of methoxy groups -OCH3 is 1. The molecule has 1 rings (SSSR count). The molecule has 1 saturated carbocycles. The molecule has 2 atom stereocenters. The summed E-state index contributed by atoms with van der Waals surface area (Å²) in [4.78, 5) is 23.4. The number of carbonyl (C=O) groups excluding carboxylic acids is 2. The van der Waals surface area contributed by atoms with E-state index in [1.165, 1.54) is 7.11 Å². The molecule has 24 heavy (non-hydrogen) atoms. The van der Waals surface area contributed by atoms with Crippen LogP contribution in [-0.4, -0.2) is 35.9 Å². The molecule has 0 bridgehead atoms. The zero-order valence-electron chi connectivity index (χ0n) is 15.1. The van der Waals surface area contributed by atoms with Gasteiger partial charge in [0.25, 0.3) is 0 Å². The van der Waals surface area contributed by atoms with Gasteiger partial charge in [-0.25, -0.2) is 4.79 Å². The van der Waals surface area contributed by atoms with Gasteiger partial charge in [0.1, 0.15) is 5.60 Å². The Balaban J connectivity index is 2.43. The van der Waals surface area contributed by atoms with Gasteiger partial charge >= 0.3 is 12.1 Å². The van der Waals surface area contributed by atoms with Crippen molar-refractivity contribution in [1.29, 1.82) is 0 Å². The predicted molar refractivity (Wildman–Crippen MR) is 96.7 cm³/mol. The van der Waals surface area contributed by atoms with Crippen molar-refractivity contribution < 1.29 is 19.1 Å². The third kappa shape index (κ3) is 8.47. The van der Waals surface area contributed by atoms with Gasteiger partial charge in [0, 0.05) is 6.04 Å². The highest BCUT2D eigenvalue weighted by Crippen LogP contribution is 2.23. The van der Waals surface area contributed by atoms with E-state index < -0.39 is 11.7 Å². The molecule has 0 aromatic rings. The Bertz CT molecular complexity index is 448. The molecular formula is C17H30N2O4S. The minimum Gasteiger partial charge on any atom is -0.469 e. The van der Waals surface area contributed by atoms with Crippen molar-refractivity contribution in [3.8, 4) is 0 Å². The average Bonchev–Trinajstić information content (AvgIpc) is 2.56. The summed E-state index contributed by atoms with van der Waals surface area (Å²) in [6.07, 6.45) is 5.95. The predicted octanol–water partition coefficient (Wildman–Crippen LogP) is 3.29. The zero-order valence-corrected chi connectivity index (χ0v) is 16.0. The van der Waals surface area contributed by atoms with E-state index in [1.807, 2.05) is 0 Å². The van der Waals surface area contributed by atoms with Crippen LogP contribution >= 0.6 is 12.2 Å². The Hall–Kier alpha value is -1.37. The molecule has 0 aliphatic heterocycles. The number of hydrogen-bond donors (Lipinski definition) is 2. The second-order valence-electron chi connectivity index (χ2n) is 7.23. The lowest BCUT2D eigenvalue weighted by molar-refractivity contribution is -0.146. The van der Waals surface area contributed by atoms with E-state index in [9.17, 15) is 9.59 Å². The van der Waals surface area contributed by atoms with Gasteiger partial charge in [0.05, 0.1) is 13.0 Å². The van der Waals surface area contributed by atoms with Crippen LogP contribution in [0, 0.1) is 5.92 Å². The second-order valence-corrected chi connectivity index (χ2v) is 7.64. The normalized spacial score (nSPS) is 22.3. The van der Waals surface area contributed by atoms with Crippen LogP contribution in [0.3, 0.4) is 0 Å². The Labute approximate surface area is 150 Å². The van der Waals surface area contributed by atoms with Crippen LogP contribution in [0.15, 0.2) is 0 Å². The van der Waals surface area contributed by atoms with E-state index in [1.54, 1.807) is 20.8 Å². The summed E-state index contributed by atoms with van der Waals surface area (Å²) in [5.41, 5.74) is -0.555. The van der Waals surface area contributed by atoms with Crippen LogP contribution in [0.4, 0.5) is 4.79 Å². The van der Waals surface area contributed by atoms with Crippen molar-refractivity contribution in [1.82, 2.24) is 10.6 Å². The highest BCUT2D eigenvalue weighted by molar-refractivity contribution is 7.80. The molecule has 0 saturated heterocycles. The minimum atomic E-state index is -0.555. The van der Waals surface area contributed by atoms with E-state index >= 15 is 0 Å². The third-order valence-electron chi connectivity index (χ3n) is 3.94. The summed E-state index contributed by atoms with van der Waals surface area (Å²) >= 11 is 5.20. The Morgan fingerprint density at radius 2 is 1.62 bits per heavy atom. The van der Waals surface area contributed by atoms with Crippen LogP contribution in [0.1, 0.15) is 65.7 Å². The molecule has 1 fully saturated rings. The lowest BCUT2D eigenvalue weighted by Crippen LogP contribution is -2.46. The lowest BCUT2D eigenvalue weighted by Gasteiger charge is -2.22. The molecule has 0 aromatic carbocycles. The van der Waals surface area contributed by atoms with Crippen molar-refractivity contribution in [3.05, 3.63) is 0 Å². The number of rotatable bonds is 2. The molecule has 1 amide bonds. The molecule has 6 nitrogen and oxygen atoms in total. The van der Waals surface area contributed by atoms with Crippen molar-refractivity contribution in [2.75, 3.05) is 7.11 Å². The summed E-state index contributed by atoms with van der Waals surface area (Å²) in [6, 6.07) is 0.198. The number of esters is 1. The number of amides is 1. The first kappa shape index (κ1) is 20.7. The largest absolute Gasteiger partial charge is 0.469 e. The summed E-state index contributed by atoms with van der Waals surface area (Å²) < 4.78 is 10.1. The highest BCUT2D eigenvalue weighted by atomic mass is 32.1. The smallest absolute Gasteiger partial charge is 0.413 e. The van der Waals surface area contributed by atoms with Gasteiger partial charge in [-0.15, -0.1) is 0 Å². The van der Waals surface area contributed by atoms with Crippen LogP contribution in [0.25, 0.3) is 0 Å². The fourth-order valence-electron chi connectivity index (χ4n) is 2.85. The number of alkyl carbamates (subject to hydrolysis) is 1. The quantitative estimate of drug-likeness (QED) is 0.583. The number of thiocarbonyl (C=S) groups is 1. The van der Waals surface area contributed by atoms with Crippen molar-refractivity contribution >= 4 is 29.4 Å². The SMILES string of the molecule is COC(=O)C1CCCCC(NC(=S)NC(=O)OC(C)(C)C)CCC1. The fraction of sp³-hybridized carbons (Fsp3) is 0.824. The topological polar surface area (TPSA) is 76.7 Å². The molecule has 0 radical (unpaired) electrons. The van der Waals surface area contributed by atoms with Crippen molar-refractivity contribution in [3.63, 3.8) is 0 Å². The van der Waals surface area contributed by atoms with Crippen molar-refractivity contribution in [2.24, 2.45) is 5.92 Å². The summed E-state index contributed by atoms with van der Waals surface area (Å²) in [5.74, 6) is -0.107. The molecule has 138 valence electrons. The standard InChI is InChI=1S/C17H30N2O4S/c1-17(2,3)23-16(21)19-15(24)18-13-10-6-5-8-12(9-7-11-13)14(20)22-4/h12-13H,5-11H2,1-4H3,(H2,18,19,21,24). The molecule has 2 N–H and O–H groups in total. The first-order valence-corrected chi connectivity index (χ1v) is 9.00. The summed E-state index contributed by atoms with van der Waals surface area (Å²) in [5, 5.41) is 6.04. The molecule has 1 aliphatic rings. The summed E-state index contributed by atoms with van der Waals surface area (Å²) in [6.45, 7) is 5.41. The van der Waals surface area contributed by atoms with Gasteiger partial charge in [-0.2, -0.15) is 0 Å². The number of hydrogen-bond acceptors (Lipinski definition) is 5. The third-order valence-corrected chi connectivity index (χ3v) is 4.16. The van der Waals surface area contributed by atoms with E-state index in [-0.39, 0.29) is 23.0 Å². The first-order valence-electron chi connectivity index (χ1n) is 8.59.